The maximum absolute atomic E-state index is 13.2. The van der Waals surface area contributed by atoms with Gasteiger partial charge in [0.05, 0.1) is 11.0 Å². The topological polar surface area (TPSA) is 31.2 Å². The minimum atomic E-state index is -0.356. The summed E-state index contributed by atoms with van der Waals surface area (Å²) in [6.07, 6.45) is -0.356. The lowest BCUT2D eigenvalue weighted by molar-refractivity contribution is 0.143. The summed E-state index contributed by atoms with van der Waals surface area (Å²) in [5.74, 6) is 0. The molecule has 0 aliphatic carbocycles. The van der Waals surface area contributed by atoms with Crippen molar-refractivity contribution < 1.29 is 9.53 Å². The Bertz CT molecular complexity index is 1560. The van der Waals surface area contributed by atoms with Crippen LogP contribution in [0.2, 0.25) is 0 Å². The molecule has 0 unspecified atom stereocenters. The molecule has 6 aromatic rings. The molecule has 4 aromatic carbocycles. The van der Waals surface area contributed by atoms with Crippen LogP contribution in [-0.2, 0) is 11.3 Å². The van der Waals surface area contributed by atoms with Crippen molar-refractivity contribution in [2.45, 2.75) is 6.61 Å². The fourth-order valence-electron chi connectivity index (χ4n) is 4.22. The maximum atomic E-state index is 13.2. The number of fused-ring (bicyclic) bond motifs is 7. The number of thiophene rings is 1. The minimum Gasteiger partial charge on any atom is -0.444 e. The molecule has 2 aromatic heterocycles. The summed E-state index contributed by atoms with van der Waals surface area (Å²) < 4.78 is 9.85. The molecule has 0 saturated heterocycles. The molecule has 0 aliphatic rings. The number of ether oxygens (including phenoxy) is 1. The van der Waals surface area contributed by atoms with Crippen LogP contribution in [0, 0.1) is 0 Å². The molecule has 0 radical (unpaired) electrons. The predicted octanol–water partition coefficient (Wildman–Crippen LogP) is 7.35. The van der Waals surface area contributed by atoms with Crippen LogP contribution in [0.1, 0.15) is 5.56 Å². The van der Waals surface area contributed by atoms with E-state index in [1.807, 2.05) is 54.6 Å². The van der Waals surface area contributed by atoms with Gasteiger partial charge in [0, 0.05) is 30.9 Å². The maximum Gasteiger partial charge on any atom is 0.419 e. The van der Waals surface area contributed by atoms with Crippen LogP contribution in [0.3, 0.4) is 0 Å². The molecule has 0 aliphatic heterocycles. The van der Waals surface area contributed by atoms with E-state index in [4.69, 9.17) is 4.74 Å². The highest BCUT2D eigenvalue weighted by Gasteiger charge is 2.20. The zero-order valence-electron chi connectivity index (χ0n) is 16.0. The van der Waals surface area contributed by atoms with E-state index in [0.29, 0.717) is 0 Å². The van der Waals surface area contributed by atoms with Gasteiger partial charge in [0.1, 0.15) is 6.61 Å². The molecule has 144 valence electrons. The van der Waals surface area contributed by atoms with Crippen molar-refractivity contribution in [1.82, 2.24) is 4.57 Å². The largest absolute Gasteiger partial charge is 0.444 e. The molecule has 4 heteroatoms. The number of hydrogen-bond donors (Lipinski definition) is 0. The fourth-order valence-corrected chi connectivity index (χ4v) is 5.47. The quantitative estimate of drug-likeness (QED) is 0.300. The lowest BCUT2D eigenvalue weighted by atomic mass is 10.1. The summed E-state index contributed by atoms with van der Waals surface area (Å²) in [7, 11) is 0. The first-order chi connectivity index (χ1) is 14.8. The van der Waals surface area contributed by atoms with Crippen LogP contribution >= 0.6 is 11.3 Å². The molecule has 3 nitrogen and oxygen atoms in total. The van der Waals surface area contributed by atoms with E-state index in [9.17, 15) is 4.79 Å². The Morgan fingerprint density at radius 2 is 1.47 bits per heavy atom. The molecular formula is C26H17NO2S. The summed E-state index contributed by atoms with van der Waals surface area (Å²) in [5.41, 5.74) is 2.72. The van der Waals surface area contributed by atoms with Crippen LogP contribution in [0.25, 0.3) is 42.0 Å². The van der Waals surface area contributed by atoms with Crippen LogP contribution < -0.4 is 0 Å². The fraction of sp³-hybridized carbons (Fsp3) is 0.0385. The number of carbonyl (C=O) groups excluding carboxylic acids is 1. The molecule has 0 atom stereocenters. The lowest BCUT2D eigenvalue weighted by Gasteiger charge is -2.08. The molecule has 0 fully saturated rings. The van der Waals surface area contributed by atoms with E-state index in [1.165, 1.54) is 20.2 Å². The van der Waals surface area contributed by atoms with Gasteiger partial charge < -0.3 is 4.74 Å². The van der Waals surface area contributed by atoms with Gasteiger partial charge >= 0.3 is 6.09 Å². The summed E-state index contributed by atoms with van der Waals surface area (Å²) in [6.45, 7) is 0.249. The monoisotopic (exact) mass is 407 g/mol. The van der Waals surface area contributed by atoms with Gasteiger partial charge in [-0.25, -0.2) is 9.36 Å². The highest BCUT2D eigenvalue weighted by atomic mass is 32.1. The van der Waals surface area contributed by atoms with E-state index in [0.717, 1.165) is 27.4 Å². The van der Waals surface area contributed by atoms with Crippen molar-refractivity contribution in [2.75, 3.05) is 0 Å². The first-order valence-corrected chi connectivity index (χ1v) is 10.7. The number of rotatable bonds is 2. The van der Waals surface area contributed by atoms with Gasteiger partial charge in [-0.15, -0.1) is 11.3 Å². The summed E-state index contributed by atoms with van der Waals surface area (Å²) in [6, 6.07) is 30.4. The average Bonchev–Trinajstić information content (AvgIpc) is 3.34. The Balaban J connectivity index is 1.58. The molecule has 0 spiro atoms. The first-order valence-electron chi connectivity index (χ1n) is 9.86. The van der Waals surface area contributed by atoms with Crippen molar-refractivity contribution in [1.29, 1.82) is 0 Å². The van der Waals surface area contributed by atoms with Gasteiger partial charge in [0.15, 0.2) is 0 Å². The number of hydrogen-bond acceptors (Lipinski definition) is 3. The van der Waals surface area contributed by atoms with Crippen molar-refractivity contribution in [3.05, 3.63) is 96.6 Å². The van der Waals surface area contributed by atoms with E-state index >= 15 is 0 Å². The Morgan fingerprint density at radius 3 is 2.33 bits per heavy atom. The molecule has 0 amide bonds. The highest BCUT2D eigenvalue weighted by Crippen LogP contribution is 2.42. The highest BCUT2D eigenvalue weighted by molar-refractivity contribution is 7.26. The van der Waals surface area contributed by atoms with E-state index in [1.54, 1.807) is 15.9 Å². The second-order valence-electron chi connectivity index (χ2n) is 7.33. The number of carbonyl (C=O) groups is 1. The first kappa shape index (κ1) is 17.2. The van der Waals surface area contributed by atoms with Gasteiger partial charge in [0.25, 0.3) is 0 Å². The molecule has 0 N–H and O–H groups in total. The molecule has 0 bridgehead atoms. The Hall–Kier alpha value is -3.63. The summed E-state index contributed by atoms with van der Waals surface area (Å²) >= 11 is 1.78. The minimum absolute atomic E-state index is 0.249. The Labute approximate surface area is 176 Å². The smallest absolute Gasteiger partial charge is 0.419 e. The van der Waals surface area contributed by atoms with E-state index in [-0.39, 0.29) is 12.7 Å². The second kappa shape index (κ2) is 6.71. The number of para-hydroxylation sites is 1. The SMILES string of the molecule is O=C(OCc1ccccc1)n1c2ccccc2c2c3sc4ccccc4c3ccc21. The zero-order chi connectivity index (χ0) is 20.1. The zero-order valence-corrected chi connectivity index (χ0v) is 16.9. The summed E-state index contributed by atoms with van der Waals surface area (Å²) in [4.78, 5) is 13.2. The molecular weight excluding hydrogens is 390 g/mol. The van der Waals surface area contributed by atoms with Crippen molar-refractivity contribution in [3.63, 3.8) is 0 Å². The third-order valence-electron chi connectivity index (χ3n) is 5.57. The predicted molar refractivity (Wildman–Crippen MR) is 124 cm³/mol. The van der Waals surface area contributed by atoms with Gasteiger partial charge in [0.2, 0.25) is 0 Å². The normalized spacial score (nSPS) is 11.6. The lowest BCUT2D eigenvalue weighted by Crippen LogP contribution is -2.13. The molecule has 6 rings (SSSR count). The van der Waals surface area contributed by atoms with Crippen molar-refractivity contribution in [3.8, 4) is 0 Å². The van der Waals surface area contributed by atoms with Crippen molar-refractivity contribution >= 4 is 59.4 Å². The molecule has 0 saturated carbocycles. The van der Waals surface area contributed by atoms with Crippen LogP contribution in [-0.4, -0.2) is 10.7 Å². The van der Waals surface area contributed by atoms with Crippen LogP contribution in [0.5, 0.6) is 0 Å². The Kier molecular flexibility index (Phi) is 3.86. The van der Waals surface area contributed by atoms with Crippen LogP contribution in [0.4, 0.5) is 4.79 Å². The third kappa shape index (κ3) is 2.54. The van der Waals surface area contributed by atoms with Gasteiger partial charge in [-0.05, 0) is 23.8 Å². The van der Waals surface area contributed by atoms with E-state index in [2.05, 4.69) is 36.4 Å². The molecule has 30 heavy (non-hydrogen) atoms. The summed E-state index contributed by atoms with van der Waals surface area (Å²) in [5, 5.41) is 4.66. The second-order valence-corrected chi connectivity index (χ2v) is 8.38. The van der Waals surface area contributed by atoms with Crippen LogP contribution in [0.15, 0.2) is 91.0 Å². The standard InChI is InChI=1S/C26H17NO2S/c28-26(29-16-17-8-2-1-3-9-17)27-21-12-6-4-11-20(21)24-22(27)15-14-19-18-10-5-7-13-23(18)30-25(19)24/h1-15H,16H2. The van der Waals surface area contributed by atoms with Crippen molar-refractivity contribution in [2.24, 2.45) is 0 Å². The van der Waals surface area contributed by atoms with Gasteiger partial charge in [-0.3, -0.25) is 0 Å². The van der Waals surface area contributed by atoms with Gasteiger partial charge in [-0.2, -0.15) is 0 Å². The average molecular weight is 407 g/mol. The molecule has 2 heterocycles. The number of benzene rings is 4. The number of aromatic nitrogens is 1. The third-order valence-corrected chi connectivity index (χ3v) is 6.77. The van der Waals surface area contributed by atoms with Gasteiger partial charge in [-0.1, -0.05) is 72.8 Å². The Morgan fingerprint density at radius 1 is 0.733 bits per heavy atom. The van der Waals surface area contributed by atoms with E-state index < -0.39 is 0 Å². The number of nitrogens with zero attached hydrogens (tertiary/aromatic N) is 1.